The molecule has 1 N–H and O–H groups in total. The van der Waals surface area contributed by atoms with Crippen LogP contribution in [0.4, 0.5) is 0 Å². The van der Waals surface area contributed by atoms with Gasteiger partial charge in [-0.3, -0.25) is 0 Å². The average molecular weight is 242 g/mol. The van der Waals surface area contributed by atoms with Crippen molar-refractivity contribution in [3.63, 3.8) is 0 Å². The molecular weight excluding hydrogens is 208 g/mol. The molecule has 0 aromatic heterocycles. The van der Waals surface area contributed by atoms with Crippen molar-refractivity contribution in [1.82, 2.24) is 10.2 Å². The molecule has 17 heavy (non-hydrogen) atoms. The lowest BCUT2D eigenvalue weighted by molar-refractivity contribution is 0.151. The van der Waals surface area contributed by atoms with Crippen LogP contribution in [0.1, 0.15) is 54.9 Å². The fourth-order valence-corrected chi connectivity index (χ4v) is 2.46. The lowest BCUT2D eigenvalue weighted by Gasteiger charge is -2.33. The topological polar surface area (TPSA) is 15.3 Å². The fraction of sp³-hybridized carbons (Fsp3) is 1.00. The predicted octanol–water partition coefficient (Wildman–Crippen LogP) is 3.38. The minimum Gasteiger partial charge on any atom is -0.314 e. The maximum Gasteiger partial charge on any atom is 0.00818 e. The molecular formula is C15H34N2. The molecule has 0 amide bonds. The highest BCUT2D eigenvalue weighted by Gasteiger charge is 2.18. The van der Waals surface area contributed by atoms with Crippen molar-refractivity contribution in [3.05, 3.63) is 0 Å². The molecule has 2 nitrogen and oxygen atoms in total. The molecule has 2 atom stereocenters. The Morgan fingerprint density at radius 3 is 1.71 bits per heavy atom. The minimum absolute atomic E-state index is 0.622. The third kappa shape index (κ3) is 8.62. The van der Waals surface area contributed by atoms with Crippen LogP contribution in [0, 0.1) is 11.8 Å². The number of hydrogen-bond donors (Lipinski definition) is 1. The van der Waals surface area contributed by atoms with Crippen molar-refractivity contribution in [3.8, 4) is 0 Å². The van der Waals surface area contributed by atoms with Crippen LogP contribution in [0.5, 0.6) is 0 Å². The number of hydrogen-bond acceptors (Lipinski definition) is 2. The van der Waals surface area contributed by atoms with Crippen molar-refractivity contribution in [2.45, 2.75) is 67.0 Å². The molecule has 2 heteroatoms. The van der Waals surface area contributed by atoms with Crippen LogP contribution in [0.25, 0.3) is 0 Å². The summed E-state index contributed by atoms with van der Waals surface area (Å²) in [6, 6.07) is 1.30. The molecule has 2 unspecified atom stereocenters. The summed E-state index contributed by atoms with van der Waals surface area (Å²) in [5.41, 5.74) is 0. The van der Waals surface area contributed by atoms with E-state index in [0.717, 1.165) is 18.4 Å². The van der Waals surface area contributed by atoms with Gasteiger partial charge in [-0.1, -0.05) is 34.6 Å². The monoisotopic (exact) mass is 242 g/mol. The van der Waals surface area contributed by atoms with Gasteiger partial charge in [0.25, 0.3) is 0 Å². The minimum atomic E-state index is 0.622. The Morgan fingerprint density at radius 1 is 0.882 bits per heavy atom. The van der Waals surface area contributed by atoms with Crippen LogP contribution in [-0.4, -0.2) is 36.6 Å². The van der Waals surface area contributed by atoms with Gasteiger partial charge >= 0.3 is 0 Å². The van der Waals surface area contributed by atoms with Crippen LogP contribution in [0.3, 0.4) is 0 Å². The molecule has 0 saturated carbocycles. The second kappa shape index (κ2) is 8.93. The maximum absolute atomic E-state index is 3.51. The van der Waals surface area contributed by atoms with Crippen LogP contribution in [-0.2, 0) is 0 Å². The van der Waals surface area contributed by atoms with Crippen molar-refractivity contribution in [2.75, 3.05) is 19.6 Å². The maximum atomic E-state index is 3.51. The van der Waals surface area contributed by atoms with Crippen LogP contribution < -0.4 is 5.32 Å². The smallest absolute Gasteiger partial charge is 0.00818 e. The molecule has 0 radical (unpaired) electrons. The van der Waals surface area contributed by atoms with Gasteiger partial charge in [0.15, 0.2) is 0 Å². The van der Waals surface area contributed by atoms with E-state index >= 15 is 0 Å². The first-order valence-corrected chi connectivity index (χ1v) is 7.34. The highest BCUT2D eigenvalue weighted by Crippen LogP contribution is 2.12. The fourth-order valence-electron chi connectivity index (χ4n) is 2.46. The van der Waals surface area contributed by atoms with E-state index in [1.807, 2.05) is 0 Å². The summed E-state index contributed by atoms with van der Waals surface area (Å²) in [4.78, 5) is 2.66. The number of nitrogens with one attached hydrogen (secondary N) is 1. The Labute approximate surface area is 109 Å². The summed E-state index contributed by atoms with van der Waals surface area (Å²) >= 11 is 0. The summed E-state index contributed by atoms with van der Waals surface area (Å²) < 4.78 is 0. The first-order chi connectivity index (χ1) is 7.86. The van der Waals surface area contributed by atoms with E-state index in [-0.39, 0.29) is 0 Å². The lowest BCUT2D eigenvalue weighted by atomic mass is 10.0. The van der Waals surface area contributed by atoms with E-state index in [2.05, 4.69) is 58.7 Å². The van der Waals surface area contributed by atoms with Crippen molar-refractivity contribution in [1.29, 1.82) is 0 Å². The number of nitrogens with zero attached hydrogens (tertiary/aromatic N) is 1. The zero-order chi connectivity index (χ0) is 13.4. The highest BCUT2D eigenvalue weighted by atomic mass is 15.2. The van der Waals surface area contributed by atoms with Gasteiger partial charge in [-0.2, -0.15) is 0 Å². The first-order valence-electron chi connectivity index (χ1n) is 7.34. The van der Waals surface area contributed by atoms with Crippen LogP contribution in [0.15, 0.2) is 0 Å². The molecule has 0 rings (SSSR count). The molecule has 0 bridgehead atoms. The third-order valence-corrected chi connectivity index (χ3v) is 3.07. The Kier molecular flexibility index (Phi) is 8.89. The van der Waals surface area contributed by atoms with E-state index in [4.69, 9.17) is 0 Å². The van der Waals surface area contributed by atoms with Gasteiger partial charge in [0.2, 0.25) is 0 Å². The zero-order valence-electron chi connectivity index (χ0n) is 13.1. The standard InChI is InChI=1S/C15H34N2/c1-8-16-14(6)9-15(7)17(10-12(2)3)11-13(4)5/h12-16H,8-11H2,1-7H3. The molecule has 0 heterocycles. The third-order valence-electron chi connectivity index (χ3n) is 3.07. The zero-order valence-corrected chi connectivity index (χ0v) is 13.1. The van der Waals surface area contributed by atoms with Crippen LogP contribution in [0.2, 0.25) is 0 Å². The normalized spacial score (nSPS) is 15.9. The van der Waals surface area contributed by atoms with Gasteiger partial charge in [-0.25, -0.2) is 0 Å². The Bertz CT molecular complexity index is 168. The van der Waals surface area contributed by atoms with E-state index < -0.39 is 0 Å². The second-order valence-electron chi connectivity index (χ2n) is 6.29. The summed E-state index contributed by atoms with van der Waals surface area (Å²) in [7, 11) is 0. The average Bonchev–Trinajstić information content (AvgIpc) is 2.15. The molecule has 104 valence electrons. The summed E-state index contributed by atoms with van der Waals surface area (Å²) in [5.74, 6) is 1.51. The first kappa shape index (κ1) is 16.9. The molecule has 0 aromatic rings. The van der Waals surface area contributed by atoms with Gasteiger partial charge < -0.3 is 10.2 Å². The van der Waals surface area contributed by atoms with Crippen molar-refractivity contribution in [2.24, 2.45) is 11.8 Å². The van der Waals surface area contributed by atoms with Crippen molar-refractivity contribution < 1.29 is 0 Å². The molecule has 0 aliphatic rings. The van der Waals surface area contributed by atoms with Crippen molar-refractivity contribution >= 4 is 0 Å². The largest absolute Gasteiger partial charge is 0.314 e. The van der Waals surface area contributed by atoms with Gasteiger partial charge in [0.1, 0.15) is 0 Å². The summed E-state index contributed by atoms with van der Waals surface area (Å²) in [5, 5.41) is 3.51. The van der Waals surface area contributed by atoms with Gasteiger partial charge in [0.05, 0.1) is 0 Å². The van der Waals surface area contributed by atoms with E-state index in [1.165, 1.54) is 19.5 Å². The molecule has 0 fully saturated rings. The van der Waals surface area contributed by atoms with E-state index in [0.29, 0.717) is 12.1 Å². The molecule has 0 saturated heterocycles. The summed E-state index contributed by atoms with van der Waals surface area (Å²) in [6.07, 6.45) is 1.24. The van der Waals surface area contributed by atoms with Crippen LogP contribution >= 0.6 is 0 Å². The van der Waals surface area contributed by atoms with E-state index in [9.17, 15) is 0 Å². The highest BCUT2D eigenvalue weighted by molar-refractivity contribution is 4.74. The Balaban J connectivity index is 4.25. The summed E-state index contributed by atoms with van der Waals surface area (Å²) in [6.45, 7) is 19.6. The Morgan fingerprint density at radius 2 is 1.35 bits per heavy atom. The molecule has 0 aliphatic carbocycles. The number of rotatable bonds is 9. The SMILES string of the molecule is CCNC(C)CC(C)N(CC(C)C)CC(C)C. The quantitative estimate of drug-likeness (QED) is 0.667. The van der Waals surface area contributed by atoms with Gasteiger partial charge in [-0.05, 0) is 38.6 Å². The molecule has 0 aliphatic heterocycles. The van der Waals surface area contributed by atoms with Gasteiger partial charge in [-0.15, -0.1) is 0 Å². The Hall–Kier alpha value is -0.0800. The lowest BCUT2D eigenvalue weighted by Crippen LogP contribution is -2.42. The van der Waals surface area contributed by atoms with Gasteiger partial charge in [0, 0.05) is 25.2 Å². The predicted molar refractivity (Wildman–Crippen MR) is 78.5 cm³/mol. The molecule has 0 aromatic carbocycles. The second-order valence-corrected chi connectivity index (χ2v) is 6.29. The molecule has 0 spiro atoms. The van der Waals surface area contributed by atoms with E-state index in [1.54, 1.807) is 0 Å².